The van der Waals surface area contributed by atoms with E-state index in [1.165, 1.54) is 6.26 Å². The van der Waals surface area contributed by atoms with Crippen LogP contribution in [0.15, 0.2) is 51.5 Å². The number of oxazole rings is 1. The Morgan fingerprint density at radius 3 is 2.70 bits per heavy atom. The average Bonchev–Trinajstić information content (AvgIpc) is 3.47. The van der Waals surface area contributed by atoms with Crippen molar-refractivity contribution in [1.82, 2.24) is 10.3 Å². The maximum absolute atomic E-state index is 12.6. The standard InChI is InChI=1S/C22H22N4O4/c1-28-17-6-4-15(5-7-17)14-24-20(27)16-8-10-26(11-9-16)22-18(13-23)25-21(30-22)19-3-2-12-29-19/h2-7,12,16H,8-11,14H2,1H3,(H,24,27). The number of carbonyl (C=O) groups is 1. The lowest BCUT2D eigenvalue weighted by molar-refractivity contribution is -0.125. The molecule has 1 saturated heterocycles. The third-order valence-corrected chi connectivity index (χ3v) is 5.23. The molecule has 4 rings (SSSR count). The third-order valence-electron chi connectivity index (χ3n) is 5.23. The monoisotopic (exact) mass is 406 g/mol. The van der Waals surface area contributed by atoms with Crippen LogP contribution >= 0.6 is 0 Å². The van der Waals surface area contributed by atoms with Crippen LogP contribution in [0.2, 0.25) is 0 Å². The molecule has 1 fully saturated rings. The van der Waals surface area contributed by atoms with Gasteiger partial charge in [-0.05, 0) is 42.7 Å². The predicted molar refractivity (Wildman–Crippen MR) is 109 cm³/mol. The number of hydrogen-bond donors (Lipinski definition) is 1. The van der Waals surface area contributed by atoms with Gasteiger partial charge in [0, 0.05) is 25.6 Å². The smallest absolute Gasteiger partial charge is 0.266 e. The Bertz CT molecular complexity index is 1030. The molecule has 30 heavy (non-hydrogen) atoms. The Hall–Kier alpha value is -3.73. The lowest BCUT2D eigenvalue weighted by Crippen LogP contribution is -2.40. The number of nitriles is 1. The summed E-state index contributed by atoms with van der Waals surface area (Å²) in [6.07, 6.45) is 2.88. The van der Waals surface area contributed by atoms with Crippen molar-refractivity contribution in [2.24, 2.45) is 5.92 Å². The first-order chi connectivity index (χ1) is 14.7. The second-order valence-electron chi connectivity index (χ2n) is 7.09. The Balaban J connectivity index is 1.33. The number of hydrogen-bond acceptors (Lipinski definition) is 7. The number of nitrogens with one attached hydrogen (secondary N) is 1. The van der Waals surface area contributed by atoms with Gasteiger partial charge >= 0.3 is 0 Å². The zero-order valence-corrected chi connectivity index (χ0v) is 16.6. The molecule has 0 atom stereocenters. The van der Waals surface area contributed by atoms with E-state index in [-0.39, 0.29) is 23.4 Å². The number of piperidine rings is 1. The number of aromatic nitrogens is 1. The van der Waals surface area contributed by atoms with E-state index in [1.54, 1.807) is 19.2 Å². The zero-order chi connectivity index (χ0) is 20.9. The van der Waals surface area contributed by atoms with Crippen LogP contribution in [0.25, 0.3) is 11.7 Å². The van der Waals surface area contributed by atoms with Gasteiger partial charge in [0.1, 0.15) is 11.8 Å². The van der Waals surface area contributed by atoms with E-state index in [9.17, 15) is 10.1 Å². The number of methoxy groups -OCH3 is 1. The van der Waals surface area contributed by atoms with Crippen molar-refractivity contribution in [2.45, 2.75) is 19.4 Å². The average molecular weight is 406 g/mol. The van der Waals surface area contributed by atoms with Crippen molar-refractivity contribution in [3.63, 3.8) is 0 Å². The van der Waals surface area contributed by atoms with Gasteiger partial charge in [-0.2, -0.15) is 10.2 Å². The third kappa shape index (κ3) is 4.15. The first-order valence-corrected chi connectivity index (χ1v) is 9.78. The number of carbonyl (C=O) groups excluding carboxylic acids is 1. The minimum absolute atomic E-state index is 0.0415. The van der Waals surface area contributed by atoms with E-state index in [0.717, 1.165) is 11.3 Å². The number of furan rings is 1. The minimum Gasteiger partial charge on any atom is -0.497 e. The first kappa shape index (κ1) is 19.6. The van der Waals surface area contributed by atoms with E-state index >= 15 is 0 Å². The molecule has 0 unspecified atom stereocenters. The number of amides is 1. The quantitative estimate of drug-likeness (QED) is 0.669. The largest absolute Gasteiger partial charge is 0.497 e. The highest BCUT2D eigenvalue weighted by atomic mass is 16.5. The molecule has 2 aromatic heterocycles. The molecule has 3 heterocycles. The van der Waals surface area contributed by atoms with Gasteiger partial charge in [0.25, 0.3) is 5.89 Å². The van der Waals surface area contributed by atoms with E-state index in [4.69, 9.17) is 13.6 Å². The van der Waals surface area contributed by atoms with E-state index in [1.807, 2.05) is 29.2 Å². The fourth-order valence-corrected chi connectivity index (χ4v) is 3.53. The van der Waals surface area contributed by atoms with Gasteiger partial charge < -0.3 is 23.8 Å². The topological polar surface area (TPSA) is 105 Å². The van der Waals surface area contributed by atoms with Gasteiger partial charge in [-0.3, -0.25) is 4.79 Å². The highest BCUT2D eigenvalue weighted by molar-refractivity contribution is 5.79. The van der Waals surface area contributed by atoms with Gasteiger partial charge in [0.2, 0.25) is 17.5 Å². The number of rotatable bonds is 6. The molecule has 0 saturated carbocycles. The van der Waals surface area contributed by atoms with E-state index < -0.39 is 0 Å². The van der Waals surface area contributed by atoms with Crippen LogP contribution in [0.3, 0.4) is 0 Å². The molecule has 0 aliphatic carbocycles. The van der Waals surface area contributed by atoms with Gasteiger partial charge in [-0.1, -0.05) is 12.1 Å². The summed E-state index contributed by atoms with van der Waals surface area (Å²) in [5, 5.41) is 12.4. The Kier molecular flexibility index (Phi) is 5.70. The molecule has 1 N–H and O–H groups in total. The summed E-state index contributed by atoms with van der Waals surface area (Å²) < 4.78 is 16.2. The second-order valence-corrected chi connectivity index (χ2v) is 7.09. The van der Waals surface area contributed by atoms with Crippen molar-refractivity contribution in [3.8, 4) is 23.5 Å². The Morgan fingerprint density at radius 1 is 1.30 bits per heavy atom. The van der Waals surface area contributed by atoms with Crippen molar-refractivity contribution < 1.29 is 18.4 Å². The molecule has 0 bridgehead atoms. The number of anilines is 1. The summed E-state index contributed by atoms with van der Waals surface area (Å²) in [5.74, 6) is 1.95. The molecule has 1 aliphatic rings. The van der Waals surface area contributed by atoms with E-state index in [0.29, 0.717) is 44.1 Å². The van der Waals surface area contributed by atoms with Crippen molar-refractivity contribution in [3.05, 3.63) is 53.9 Å². The van der Waals surface area contributed by atoms with Crippen LogP contribution in [0, 0.1) is 17.2 Å². The SMILES string of the molecule is COc1ccc(CNC(=O)C2CCN(c3oc(-c4ccco4)nc3C#N)CC2)cc1. The minimum atomic E-state index is -0.0718. The van der Waals surface area contributed by atoms with Gasteiger partial charge in [-0.15, -0.1) is 0 Å². The molecule has 3 aromatic rings. The molecule has 0 radical (unpaired) electrons. The van der Waals surface area contributed by atoms with Crippen LogP contribution in [0.1, 0.15) is 24.1 Å². The highest BCUT2D eigenvalue weighted by Crippen LogP contribution is 2.31. The van der Waals surface area contributed by atoms with Gasteiger partial charge in [0.05, 0.1) is 13.4 Å². The van der Waals surface area contributed by atoms with Gasteiger partial charge in [0.15, 0.2) is 5.76 Å². The van der Waals surface area contributed by atoms with Crippen LogP contribution in [-0.4, -0.2) is 31.1 Å². The molecule has 154 valence electrons. The summed E-state index contributed by atoms with van der Waals surface area (Å²) in [4.78, 5) is 18.8. The summed E-state index contributed by atoms with van der Waals surface area (Å²) in [5.41, 5.74) is 1.25. The maximum Gasteiger partial charge on any atom is 0.266 e. The summed E-state index contributed by atoms with van der Waals surface area (Å²) in [6.45, 7) is 1.71. The Labute approximate surface area is 174 Å². The molecule has 0 spiro atoms. The van der Waals surface area contributed by atoms with Crippen molar-refractivity contribution in [2.75, 3.05) is 25.1 Å². The van der Waals surface area contributed by atoms with Crippen LogP contribution in [-0.2, 0) is 11.3 Å². The fraction of sp³-hybridized carbons (Fsp3) is 0.318. The lowest BCUT2D eigenvalue weighted by Gasteiger charge is -2.31. The summed E-state index contributed by atoms with van der Waals surface area (Å²) in [7, 11) is 1.62. The molecule has 8 nitrogen and oxygen atoms in total. The summed E-state index contributed by atoms with van der Waals surface area (Å²) >= 11 is 0. The first-order valence-electron chi connectivity index (χ1n) is 9.78. The normalized spacial score (nSPS) is 14.3. The zero-order valence-electron chi connectivity index (χ0n) is 16.6. The fourth-order valence-electron chi connectivity index (χ4n) is 3.53. The summed E-state index contributed by atoms with van der Waals surface area (Å²) in [6, 6.07) is 13.2. The number of benzene rings is 1. The van der Waals surface area contributed by atoms with Crippen LogP contribution in [0.5, 0.6) is 5.75 Å². The molecule has 1 aliphatic heterocycles. The lowest BCUT2D eigenvalue weighted by atomic mass is 9.96. The van der Waals surface area contributed by atoms with Crippen molar-refractivity contribution >= 4 is 11.8 Å². The molecular weight excluding hydrogens is 384 g/mol. The molecule has 8 heteroatoms. The van der Waals surface area contributed by atoms with Crippen LogP contribution < -0.4 is 15.0 Å². The van der Waals surface area contributed by atoms with Gasteiger partial charge in [-0.25, -0.2) is 0 Å². The van der Waals surface area contributed by atoms with E-state index in [2.05, 4.69) is 16.4 Å². The highest BCUT2D eigenvalue weighted by Gasteiger charge is 2.29. The maximum atomic E-state index is 12.6. The molecule has 1 amide bonds. The number of ether oxygens (including phenoxy) is 1. The second kappa shape index (κ2) is 8.74. The van der Waals surface area contributed by atoms with Crippen molar-refractivity contribution in [1.29, 1.82) is 5.26 Å². The molecular formula is C22H22N4O4. The Morgan fingerprint density at radius 2 is 2.07 bits per heavy atom. The van der Waals surface area contributed by atoms with Crippen LogP contribution in [0.4, 0.5) is 5.88 Å². The number of nitrogens with zero attached hydrogens (tertiary/aromatic N) is 3. The predicted octanol–water partition coefficient (Wildman–Crippen LogP) is 3.35. The molecule has 1 aromatic carbocycles.